The van der Waals surface area contributed by atoms with Crippen LogP contribution in [0.4, 0.5) is 13.2 Å². The monoisotopic (exact) mass is 542 g/mol. The highest BCUT2D eigenvalue weighted by molar-refractivity contribution is 5.94. The number of benzene rings is 3. The van der Waals surface area contributed by atoms with E-state index in [4.69, 9.17) is 23.4 Å². The summed E-state index contributed by atoms with van der Waals surface area (Å²) in [6.45, 7) is 2.04. The van der Waals surface area contributed by atoms with E-state index < -0.39 is 40.6 Å². The molecule has 0 fully saturated rings. The Bertz CT molecular complexity index is 1570. The van der Waals surface area contributed by atoms with Crippen LogP contribution in [0.5, 0.6) is 23.0 Å². The fourth-order valence-electron chi connectivity index (χ4n) is 3.53. The predicted molar refractivity (Wildman–Crippen MR) is 133 cm³/mol. The summed E-state index contributed by atoms with van der Waals surface area (Å²) in [4.78, 5) is 37.6. The second-order valence-electron chi connectivity index (χ2n) is 8.10. The molecule has 0 radical (unpaired) electrons. The van der Waals surface area contributed by atoms with Gasteiger partial charge >= 0.3 is 18.1 Å². The molecular weight excluding hydrogens is 521 g/mol. The molecule has 0 saturated carbocycles. The quantitative estimate of drug-likeness (QED) is 0.186. The zero-order chi connectivity index (χ0) is 28.2. The van der Waals surface area contributed by atoms with Crippen LogP contribution in [0, 0.1) is 0 Å². The summed E-state index contributed by atoms with van der Waals surface area (Å²) in [7, 11) is 1.37. The summed E-state index contributed by atoms with van der Waals surface area (Å²) in [5.41, 5.74) is -1.32. The molecule has 0 saturated heterocycles. The molecular formula is C28H21F3O8. The van der Waals surface area contributed by atoms with Gasteiger partial charge in [0.05, 0.1) is 24.7 Å². The fraction of sp³-hybridized carbons (Fsp3) is 0.179. The molecule has 0 unspecified atom stereocenters. The summed E-state index contributed by atoms with van der Waals surface area (Å²) in [6, 6.07) is 14.7. The number of carbonyl (C=O) groups excluding carboxylic acids is 2. The van der Waals surface area contributed by atoms with E-state index in [1.807, 2.05) is 6.92 Å². The molecule has 0 aliphatic heterocycles. The molecule has 0 N–H and O–H groups in total. The zero-order valence-electron chi connectivity index (χ0n) is 20.7. The standard InChI is InChI=1S/C28H21F3O8/c1-3-14-36-26(33)16-8-10-17(11-9-16)37-24-23(32)19-13-12-18(15-22(19)39-25(24)28(29,30)31)38-27(34)20-6-4-5-7-21(20)35-2/h4-13,15H,3,14H2,1-2H3. The van der Waals surface area contributed by atoms with Crippen LogP contribution < -0.4 is 19.6 Å². The molecule has 39 heavy (non-hydrogen) atoms. The first kappa shape index (κ1) is 27.2. The van der Waals surface area contributed by atoms with Crippen molar-refractivity contribution < 1.29 is 46.1 Å². The van der Waals surface area contributed by atoms with Crippen molar-refractivity contribution in [1.82, 2.24) is 0 Å². The Morgan fingerprint density at radius 1 is 0.923 bits per heavy atom. The average Bonchev–Trinajstić information content (AvgIpc) is 2.92. The minimum absolute atomic E-state index is 0.0888. The number of halogens is 3. The number of methoxy groups -OCH3 is 1. The molecule has 8 nitrogen and oxygen atoms in total. The lowest BCUT2D eigenvalue weighted by atomic mass is 10.2. The lowest BCUT2D eigenvalue weighted by molar-refractivity contribution is -0.154. The highest BCUT2D eigenvalue weighted by Crippen LogP contribution is 2.38. The molecule has 4 rings (SSSR count). The number of rotatable bonds is 8. The number of hydrogen-bond donors (Lipinski definition) is 0. The van der Waals surface area contributed by atoms with E-state index in [1.165, 1.54) is 43.5 Å². The maximum Gasteiger partial charge on any atom is 0.453 e. The number of carbonyl (C=O) groups is 2. The second kappa shape index (κ2) is 11.3. The Morgan fingerprint density at radius 3 is 2.28 bits per heavy atom. The lowest BCUT2D eigenvalue weighted by Gasteiger charge is -2.14. The van der Waals surface area contributed by atoms with Crippen LogP contribution in [-0.4, -0.2) is 25.7 Å². The second-order valence-corrected chi connectivity index (χ2v) is 8.10. The van der Waals surface area contributed by atoms with Gasteiger partial charge in [-0.2, -0.15) is 13.2 Å². The van der Waals surface area contributed by atoms with Gasteiger partial charge < -0.3 is 23.4 Å². The zero-order valence-corrected chi connectivity index (χ0v) is 20.7. The van der Waals surface area contributed by atoms with Crippen LogP contribution in [0.3, 0.4) is 0 Å². The summed E-state index contributed by atoms with van der Waals surface area (Å²) in [5, 5.41) is -0.241. The highest BCUT2D eigenvalue weighted by atomic mass is 19.4. The van der Waals surface area contributed by atoms with Gasteiger partial charge in [0, 0.05) is 6.07 Å². The molecule has 0 bridgehead atoms. The van der Waals surface area contributed by atoms with Crippen LogP contribution in [0.1, 0.15) is 39.8 Å². The van der Waals surface area contributed by atoms with Crippen LogP contribution >= 0.6 is 0 Å². The SMILES string of the molecule is CCCOC(=O)c1ccc(Oc2c(C(F)(F)F)oc3cc(OC(=O)c4ccccc4OC)ccc3c2=O)cc1. The van der Waals surface area contributed by atoms with Crippen LogP contribution in [-0.2, 0) is 10.9 Å². The topological polar surface area (TPSA) is 101 Å². The van der Waals surface area contributed by atoms with Crippen molar-refractivity contribution in [2.24, 2.45) is 0 Å². The summed E-state index contributed by atoms with van der Waals surface area (Å²) in [5.74, 6) is -4.26. The van der Waals surface area contributed by atoms with Crippen molar-refractivity contribution in [2.75, 3.05) is 13.7 Å². The third kappa shape index (κ3) is 6.03. The smallest absolute Gasteiger partial charge is 0.453 e. The largest absolute Gasteiger partial charge is 0.496 e. The first-order valence-corrected chi connectivity index (χ1v) is 11.6. The van der Waals surface area contributed by atoms with E-state index in [0.29, 0.717) is 6.42 Å². The van der Waals surface area contributed by atoms with Crippen molar-refractivity contribution in [3.05, 3.63) is 93.8 Å². The minimum atomic E-state index is -5.10. The lowest BCUT2D eigenvalue weighted by Crippen LogP contribution is -2.16. The average molecular weight is 542 g/mol. The Balaban J connectivity index is 1.67. The van der Waals surface area contributed by atoms with Crippen molar-refractivity contribution >= 4 is 22.9 Å². The maximum atomic E-state index is 13.9. The third-order valence-corrected chi connectivity index (χ3v) is 5.36. The molecule has 3 aromatic carbocycles. The van der Waals surface area contributed by atoms with E-state index in [1.54, 1.807) is 18.2 Å². The number of ether oxygens (including phenoxy) is 4. The number of fused-ring (bicyclic) bond motifs is 1. The molecule has 0 aliphatic rings. The van der Waals surface area contributed by atoms with Gasteiger partial charge in [0.1, 0.15) is 28.4 Å². The Morgan fingerprint density at radius 2 is 1.62 bits per heavy atom. The van der Waals surface area contributed by atoms with Gasteiger partial charge in [-0.1, -0.05) is 19.1 Å². The molecule has 0 atom stereocenters. The normalized spacial score (nSPS) is 11.2. The van der Waals surface area contributed by atoms with Gasteiger partial charge in [-0.05, 0) is 55.0 Å². The molecule has 0 aliphatic carbocycles. The van der Waals surface area contributed by atoms with E-state index in [2.05, 4.69) is 0 Å². The Labute approximate surface area is 219 Å². The predicted octanol–water partition coefficient (Wildman–Crippen LogP) is 6.40. The molecule has 1 aromatic heterocycles. The molecule has 11 heteroatoms. The van der Waals surface area contributed by atoms with Crippen molar-refractivity contribution in [3.63, 3.8) is 0 Å². The Hall–Kier alpha value is -4.80. The van der Waals surface area contributed by atoms with E-state index in [-0.39, 0.29) is 40.4 Å². The van der Waals surface area contributed by atoms with Gasteiger partial charge in [0.15, 0.2) is 0 Å². The number of alkyl halides is 3. The molecule has 0 amide bonds. The summed E-state index contributed by atoms with van der Waals surface area (Å²) >= 11 is 0. The van der Waals surface area contributed by atoms with Crippen LogP contribution in [0.15, 0.2) is 75.9 Å². The maximum absolute atomic E-state index is 13.9. The third-order valence-electron chi connectivity index (χ3n) is 5.36. The van der Waals surface area contributed by atoms with E-state index in [0.717, 1.165) is 12.1 Å². The van der Waals surface area contributed by atoms with Gasteiger partial charge in [0.25, 0.3) is 5.76 Å². The van der Waals surface area contributed by atoms with Crippen molar-refractivity contribution in [3.8, 4) is 23.0 Å². The number of hydrogen-bond acceptors (Lipinski definition) is 8. The minimum Gasteiger partial charge on any atom is -0.496 e. The Kier molecular flexibility index (Phi) is 7.89. The number of para-hydroxylation sites is 1. The molecule has 1 heterocycles. The summed E-state index contributed by atoms with van der Waals surface area (Å²) < 4.78 is 67.4. The van der Waals surface area contributed by atoms with Crippen LogP contribution in [0.25, 0.3) is 11.0 Å². The number of esters is 2. The van der Waals surface area contributed by atoms with E-state index in [9.17, 15) is 27.6 Å². The first-order valence-electron chi connectivity index (χ1n) is 11.6. The van der Waals surface area contributed by atoms with Gasteiger partial charge in [-0.3, -0.25) is 4.79 Å². The van der Waals surface area contributed by atoms with Gasteiger partial charge in [-0.15, -0.1) is 0 Å². The molecule has 202 valence electrons. The van der Waals surface area contributed by atoms with E-state index >= 15 is 0 Å². The van der Waals surface area contributed by atoms with Crippen molar-refractivity contribution in [2.45, 2.75) is 19.5 Å². The van der Waals surface area contributed by atoms with Crippen LogP contribution in [0.2, 0.25) is 0 Å². The molecule has 4 aromatic rings. The van der Waals surface area contributed by atoms with Gasteiger partial charge in [-0.25, -0.2) is 9.59 Å². The van der Waals surface area contributed by atoms with Gasteiger partial charge in [0.2, 0.25) is 11.2 Å². The summed E-state index contributed by atoms with van der Waals surface area (Å²) in [6.07, 6.45) is -4.48. The highest BCUT2D eigenvalue weighted by Gasteiger charge is 2.40. The molecule has 0 spiro atoms. The fourth-order valence-corrected chi connectivity index (χ4v) is 3.53. The van der Waals surface area contributed by atoms with Crippen molar-refractivity contribution in [1.29, 1.82) is 0 Å². The first-order chi connectivity index (χ1) is 18.6.